The zero-order valence-electron chi connectivity index (χ0n) is 47.8. The molecule has 4 aromatic carbocycles. The number of fused-ring (bicyclic) bond motifs is 2. The summed E-state index contributed by atoms with van der Waals surface area (Å²) in [5, 5.41) is 26.4. The van der Waals surface area contributed by atoms with Gasteiger partial charge in [0.05, 0.1) is 80.6 Å². The van der Waals surface area contributed by atoms with Gasteiger partial charge in [0.15, 0.2) is 0 Å². The van der Waals surface area contributed by atoms with Gasteiger partial charge in [-0.2, -0.15) is 10.2 Å². The lowest BCUT2D eigenvalue weighted by molar-refractivity contribution is -0.141. The van der Waals surface area contributed by atoms with Crippen molar-refractivity contribution in [2.24, 2.45) is 15.9 Å². The normalized spacial score (nSPS) is 17.1. The number of carbonyl (C=O) groups is 4. The Morgan fingerprint density at radius 1 is 0.624 bits per heavy atom. The summed E-state index contributed by atoms with van der Waals surface area (Å²) in [6.07, 6.45) is 2.59. The van der Waals surface area contributed by atoms with E-state index in [0.717, 1.165) is 133 Å². The van der Waals surface area contributed by atoms with Crippen molar-refractivity contribution < 1.29 is 43.2 Å². The maximum absolute atomic E-state index is 13.5. The zero-order chi connectivity index (χ0) is 60.2. The molecule has 2 saturated heterocycles. The van der Waals surface area contributed by atoms with Crippen molar-refractivity contribution in [1.82, 2.24) is 35.1 Å². The van der Waals surface area contributed by atoms with Crippen molar-refractivity contribution >= 4 is 112 Å². The van der Waals surface area contributed by atoms with Crippen molar-refractivity contribution in [3.63, 3.8) is 0 Å². The number of nitrogens with one attached hydrogen (secondary N) is 1. The summed E-state index contributed by atoms with van der Waals surface area (Å²) in [5.41, 5.74) is 11.5. The molecule has 2 atom stereocenters. The Hall–Kier alpha value is -6.14. The van der Waals surface area contributed by atoms with Crippen molar-refractivity contribution in [3.8, 4) is 11.5 Å². The molecule has 452 valence electrons. The van der Waals surface area contributed by atoms with Crippen LogP contribution in [0.2, 0.25) is 10.3 Å². The van der Waals surface area contributed by atoms with Gasteiger partial charge in [0.1, 0.15) is 21.8 Å². The Bertz CT molecular complexity index is 3310. The van der Waals surface area contributed by atoms with Crippen LogP contribution in [0.4, 0.5) is 0 Å². The number of hydrazone groups is 2. The van der Waals surface area contributed by atoms with Crippen LogP contribution < -0.4 is 20.5 Å². The lowest BCUT2D eigenvalue weighted by Crippen LogP contribution is -2.38. The van der Waals surface area contributed by atoms with Gasteiger partial charge in [-0.3, -0.25) is 29.0 Å². The van der Waals surface area contributed by atoms with E-state index in [2.05, 4.69) is 62.0 Å². The summed E-state index contributed by atoms with van der Waals surface area (Å²) in [6, 6.07) is 29.7. The SMILES string of the molecule is CCOc1ccc2cc(C3CC(c4ccc(Br)cc4)=NN3C(=O)CCC(=O)NCCCN3CCOCC3)c(Cl)nc2c1.CCOc1ccc2cc(C3CC(c4ccc(Br)cc4)=NN3C(=O)CCC(=O)O)c(Cl)nc2c1.NCCCN1CCOCC1. The third kappa shape index (κ3) is 18.7. The topological polar surface area (TPSA) is 227 Å². The second kappa shape index (κ2) is 32.6. The first-order valence-electron chi connectivity index (χ1n) is 28.8. The van der Waals surface area contributed by atoms with Crippen molar-refractivity contribution in [2.45, 2.75) is 77.3 Å². The lowest BCUT2D eigenvalue weighted by atomic mass is 9.98. The van der Waals surface area contributed by atoms with Crippen LogP contribution >= 0.6 is 55.1 Å². The molecule has 2 unspecified atom stereocenters. The standard InChI is InChI=1S/C31H35BrClN5O4.C24H21BrClN3O4.C7H16N2O/c1-2-42-24-9-6-22-18-25(31(33)35-26(22)19-24)28-20-27(21-4-7-23(32)8-5-21)36-38(28)30(40)11-10-29(39)34-12-3-13-37-14-16-41-17-15-37;1-2-33-17-8-5-15-11-18(24(26)27-19(15)12-17)21-13-20(14-3-6-16(25)7-4-14)28-29(21)22(30)9-10-23(31)32;8-2-1-3-9-4-6-10-7-5-9/h4-9,18-19,28H,2-3,10-17,20H2,1H3,(H,34,39);3-8,11-12,21H,2,9-10,13H2,1H3,(H,31,32);1-8H2. The number of pyridine rings is 2. The average Bonchev–Trinajstić information content (AvgIpc) is 2.64. The summed E-state index contributed by atoms with van der Waals surface area (Å²) in [5.74, 6) is -0.371. The molecule has 0 saturated carbocycles. The first-order chi connectivity index (χ1) is 41.2. The number of carbonyl (C=O) groups excluding carboxylic acids is 3. The van der Waals surface area contributed by atoms with Crippen LogP contribution in [-0.4, -0.2) is 162 Å². The zero-order valence-corrected chi connectivity index (χ0v) is 52.5. The lowest BCUT2D eigenvalue weighted by Gasteiger charge is -2.26. The van der Waals surface area contributed by atoms with Crippen molar-refractivity contribution in [1.29, 1.82) is 0 Å². The fourth-order valence-electron chi connectivity index (χ4n) is 10.1. The van der Waals surface area contributed by atoms with Gasteiger partial charge in [0, 0.05) is 108 Å². The minimum atomic E-state index is -1.04. The highest BCUT2D eigenvalue weighted by Crippen LogP contribution is 2.40. The molecule has 0 spiro atoms. The second-order valence-corrected chi connectivity index (χ2v) is 23.0. The maximum atomic E-state index is 13.5. The average molecular weight is 1330 g/mol. The van der Waals surface area contributed by atoms with Crippen LogP contribution in [0.15, 0.2) is 116 Å². The molecule has 10 rings (SSSR count). The van der Waals surface area contributed by atoms with Crippen LogP contribution in [0.5, 0.6) is 11.5 Å². The molecule has 0 bridgehead atoms. The predicted molar refractivity (Wildman–Crippen MR) is 338 cm³/mol. The van der Waals surface area contributed by atoms with Crippen LogP contribution in [-0.2, 0) is 28.7 Å². The molecular formula is C62H72Br2Cl2N10O9. The summed E-state index contributed by atoms with van der Waals surface area (Å²) in [4.78, 5) is 63.9. The molecule has 4 aliphatic heterocycles. The van der Waals surface area contributed by atoms with E-state index < -0.39 is 18.1 Å². The van der Waals surface area contributed by atoms with E-state index in [1.54, 1.807) is 0 Å². The highest BCUT2D eigenvalue weighted by Gasteiger charge is 2.37. The Balaban J connectivity index is 0.000000194. The largest absolute Gasteiger partial charge is 0.494 e. The highest BCUT2D eigenvalue weighted by atomic mass is 79.9. The number of nitrogens with two attached hydrogens (primary N) is 1. The minimum absolute atomic E-state index is 0.0409. The molecule has 85 heavy (non-hydrogen) atoms. The number of aromatic nitrogens is 2. The number of nitrogens with zero attached hydrogens (tertiary/aromatic N) is 8. The number of hydrogen-bond donors (Lipinski definition) is 3. The van der Waals surface area contributed by atoms with Gasteiger partial charge in [0.2, 0.25) is 17.7 Å². The van der Waals surface area contributed by atoms with Gasteiger partial charge in [-0.05, 0) is 118 Å². The van der Waals surface area contributed by atoms with Gasteiger partial charge in [-0.25, -0.2) is 20.0 Å². The monoisotopic (exact) mass is 1330 g/mol. The molecule has 2 fully saturated rings. The van der Waals surface area contributed by atoms with E-state index in [1.807, 2.05) is 111 Å². The van der Waals surface area contributed by atoms with E-state index in [0.29, 0.717) is 65.7 Å². The molecular weight excluding hydrogens is 1260 g/mol. The molecule has 0 radical (unpaired) electrons. The van der Waals surface area contributed by atoms with E-state index in [-0.39, 0.29) is 48.6 Å². The molecule has 23 heteroatoms. The Labute approximate surface area is 522 Å². The Morgan fingerprint density at radius 3 is 1.48 bits per heavy atom. The fourth-order valence-corrected chi connectivity index (χ4v) is 11.2. The fraction of sp³-hybridized carbons (Fsp3) is 0.419. The first-order valence-corrected chi connectivity index (χ1v) is 31.1. The van der Waals surface area contributed by atoms with E-state index >= 15 is 0 Å². The number of hydrogen-bond acceptors (Lipinski definition) is 15. The van der Waals surface area contributed by atoms with Crippen LogP contribution in [0.3, 0.4) is 0 Å². The van der Waals surface area contributed by atoms with Crippen molar-refractivity contribution in [2.75, 3.05) is 92.0 Å². The number of benzene rings is 4. The molecule has 3 amide bonds. The third-order valence-electron chi connectivity index (χ3n) is 14.5. The smallest absolute Gasteiger partial charge is 0.303 e. The second-order valence-electron chi connectivity index (χ2n) is 20.5. The molecule has 0 aliphatic carbocycles. The molecule has 6 aromatic rings. The highest BCUT2D eigenvalue weighted by molar-refractivity contribution is 9.10. The Morgan fingerprint density at radius 2 is 1.06 bits per heavy atom. The van der Waals surface area contributed by atoms with Gasteiger partial charge < -0.3 is 35.1 Å². The van der Waals surface area contributed by atoms with Gasteiger partial charge in [-0.1, -0.05) is 79.3 Å². The summed E-state index contributed by atoms with van der Waals surface area (Å²) >= 11 is 20.2. The number of morpholine rings is 2. The van der Waals surface area contributed by atoms with Crippen LogP contribution in [0.1, 0.15) is 99.6 Å². The quantitative estimate of drug-likeness (QED) is 0.0450. The van der Waals surface area contributed by atoms with Gasteiger partial charge in [-0.15, -0.1) is 0 Å². The van der Waals surface area contributed by atoms with E-state index in [4.69, 9.17) is 58.1 Å². The van der Waals surface area contributed by atoms with Crippen LogP contribution in [0, 0.1) is 0 Å². The van der Waals surface area contributed by atoms with Crippen LogP contribution in [0.25, 0.3) is 21.8 Å². The molecule has 4 N–H and O–H groups in total. The first kappa shape index (κ1) is 64.8. The summed E-state index contributed by atoms with van der Waals surface area (Å²) < 4.78 is 23.6. The predicted octanol–water partition coefficient (Wildman–Crippen LogP) is 10.6. The van der Waals surface area contributed by atoms with E-state index in [9.17, 15) is 19.2 Å². The number of rotatable bonds is 21. The number of carboxylic acids is 1. The van der Waals surface area contributed by atoms with E-state index in [1.165, 1.54) is 10.0 Å². The third-order valence-corrected chi connectivity index (χ3v) is 16.2. The number of carboxylic acid groups (broad SMARTS) is 1. The number of halogens is 4. The van der Waals surface area contributed by atoms with Gasteiger partial charge in [0.25, 0.3) is 0 Å². The molecule has 6 heterocycles. The minimum Gasteiger partial charge on any atom is -0.494 e. The molecule has 2 aromatic heterocycles. The Kier molecular flexibility index (Phi) is 24.8. The summed E-state index contributed by atoms with van der Waals surface area (Å²) in [6.45, 7) is 15.7. The number of ether oxygens (including phenoxy) is 4. The number of amides is 3. The number of aliphatic carboxylic acids is 1. The van der Waals surface area contributed by atoms with Gasteiger partial charge >= 0.3 is 5.97 Å². The maximum Gasteiger partial charge on any atom is 0.303 e. The summed E-state index contributed by atoms with van der Waals surface area (Å²) in [7, 11) is 0. The molecule has 4 aliphatic rings. The molecule has 19 nitrogen and oxygen atoms in total. The van der Waals surface area contributed by atoms with Crippen molar-refractivity contribution in [3.05, 3.63) is 139 Å².